The van der Waals surface area contributed by atoms with E-state index in [0.29, 0.717) is 30.4 Å². The molecule has 0 amide bonds. The Hall–Kier alpha value is -3.89. The van der Waals surface area contributed by atoms with E-state index in [1.54, 1.807) is 13.8 Å². The second-order valence-electron chi connectivity index (χ2n) is 12.9. The lowest BCUT2D eigenvalue weighted by molar-refractivity contribution is -0.143. The molecule has 0 unspecified atom stereocenters. The number of aliphatic carboxylic acids is 1. The molecule has 9 nitrogen and oxygen atoms in total. The van der Waals surface area contributed by atoms with Crippen LogP contribution in [-0.2, 0) is 34.1 Å². The molecule has 1 aliphatic heterocycles. The first-order chi connectivity index (χ1) is 21.2. The Morgan fingerprint density at radius 2 is 1.62 bits per heavy atom. The maximum absolute atomic E-state index is 13.5. The topological polar surface area (TPSA) is 134 Å². The van der Waals surface area contributed by atoms with E-state index in [1.165, 1.54) is 11.1 Å². The van der Waals surface area contributed by atoms with Gasteiger partial charge in [0.05, 0.1) is 10.9 Å². The van der Waals surface area contributed by atoms with Gasteiger partial charge in [0, 0.05) is 18.5 Å². The van der Waals surface area contributed by atoms with Crippen LogP contribution >= 0.6 is 0 Å². The highest BCUT2D eigenvalue weighted by Gasteiger charge is 2.37. The number of carbonyl (C=O) groups is 1. The predicted octanol–water partition coefficient (Wildman–Crippen LogP) is 4.97. The molecule has 2 aliphatic rings. The van der Waals surface area contributed by atoms with Crippen LogP contribution in [0.15, 0.2) is 57.8 Å². The number of nitrogens with two attached hydrogens (primary N) is 1. The van der Waals surface area contributed by atoms with E-state index >= 15 is 0 Å². The summed E-state index contributed by atoms with van der Waals surface area (Å²) in [6, 6.07) is 15.5. The van der Waals surface area contributed by atoms with Crippen molar-refractivity contribution in [2.75, 3.05) is 13.6 Å². The summed E-state index contributed by atoms with van der Waals surface area (Å²) < 4.78 is 37.0. The number of likely N-dealkylation sites (N-methyl/N-ethyl adjacent to an activating group) is 1. The van der Waals surface area contributed by atoms with E-state index in [2.05, 4.69) is 34.0 Å². The van der Waals surface area contributed by atoms with Gasteiger partial charge in [0.1, 0.15) is 17.4 Å². The number of hydrogen-bond acceptors (Lipinski definition) is 5. The number of nitrogens with zero attached hydrogens (tertiary/aromatic N) is 2. The Kier molecular flexibility index (Phi) is 9.01. The lowest BCUT2D eigenvalue weighted by Crippen LogP contribution is -2.42. The van der Waals surface area contributed by atoms with E-state index in [4.69, 9.17) is 10.5 Å². The Balaban J connectivity index is 1.30. The minimum absolute atomic E-state index is 0.154. The van der Waals surface area contributed by atoms with Crippen molar-refractivity contribution in [2.24, 2.45) is 10.1 Å². The summed E-state index contributed by atoms with van der Waals surface area (Å²) in [6.45, 7) is 9.64. The highest BCUT2D eigenvalue weighted by atomic mass is 32.2. The van der Waals surface area contributed by atoms with Crippen LogP contribution in [0, 0.1) is 20.8 Å². The molecule has 45 heavy (non-hydrogen) atoms. The van der Waals surface area contributed by atoms with Gasteiger partial charge >= 0.3 is 5.97 Å². The quantitative estimate of drug-likeness (QED) is 0.171. The molecular weight excluding hydrogens is 588 g/mol. The number of ether oxygens (including phenoxy) is 1. The van der Waals surface area contributed by atoms with Crippen molar-refractivity contribution < 1.29 is 23.1 Å². The van der Waals surface area contributed by atoms with E-state index in [-0.39, 0.29) is 23.4 Å². The van der Waals surface area contributed by atoms with Gasteiger partial charge in [0.25, 0.3) is 10.0 Å². The highest BCUT2D eigenvalue weighted by Crippen LogP contribution is 2.44. The minimum atomic E-state index is -4.11. The average molecular weight is 633 g/mol. The zero-order valence-corrected chi connectivity index (χ0v) is 27.8. The monoisotopic (exact) mass is 632 g/mol. The second-order valence-corrected chi connectivity index (χ2v) is 14.4. The third kappa shape index (κ3) is 6.44. The summed E-state index contributed by atoms with van der Waals surface area (Å²) >= 11 is 0. The van der Waals surface area contributed by atoms with Gasteiger partial charge in [-0.1, -0.05) is 48.5 Å². The Morgan fingerprint density at radius 1 is 1.04 bits per heavy atom. The number of nitrogens with one attached hydrogen (secondary N) is 1. The Bertz CT molecular complexity index is 1720. The van der Waals surface area contributed by atoms with E-state index in [1.807, 2.05) is 57.0 Å². The van der Waals surface area contributed by atoms with Crippen LogP contribution in [-0.4, -0.2) is 55.6 Å². The summed E-state index contributed by atoms with van der Waals surface area (Å²) in [4.78, 5) is 14.7. The molecule has 0 spiro atoms. The number of fused-ring (bicyclic) bond motifs is 3. The normalized spacial score (nSPS) is 16.7. The van der Waals surface area contributed by atoms with Gasteiger partial charge < -0.3 is 20.9 Å². The molecule has 0 aromatic heterocycles. The molecule has 3 aromatic carbocycles. The number of benzene rings is 3. The Morgan fingerprint density at radius 3 is 2.20 bits per heavy atom. The Labute approximate surface area is 266 Å². The molecule has 4 N–H and O–H groups in total. The van der Waals surface area contributed by atoms with Gasteiger partial charge in [-0.3, -0.25) is 9.69 Å². The van der Waals surface area contributed by atoms with Crippen molar-refractivity contribution in [3.63, 3.8) is 0 Å². The summed E-state index contributed by atoms with van der Waals surface area (Å²) in [5.74, 6) is -0.390. The molecule has 5 rings (SSSR count). The zero-order chi connectivity index (χ0) is 32.7. The molecule has 1 aliphatic carbocycles. The van der Waals surface area contributed by atoms with Crippen LogP contribution in [0.4, 0.5) is 0 Å². The number of guanidine groups is 1. The molecule has 3 aromatic rings. The number of aryl methyl sites for hydroxylation is 2. The molecule has 0 saturated carbocycles. The van der Waals surface area contributed by atoms with Crippen molar-refractivity contribution >= 4 is 22.0 Å². The summed E-state index contributed by atoms with van der Waals surface area (Å²) in [6.07, 6.45) is 3.17. The largest absolute Gasteiger partial charge is 0.487 e. The van der Waals surface area contributed by atoms with E-state index in [9.17, 15) is 18.3 Å². The summed E-state index contributed by atoms with van der Waals surface area (Å²) in [5.41, 5.74) is 13.2. The van der Waals surface area contributed by atoms with Gasteiger partial charge in [-0.25, -0.2) is 0 Å². The van der Waals surface area contributed by atoms with E-state index in [0.717, 1.165) is 40.8 Å². The molecule has 0 saturated heterocycles. The first-order valence-corrected chi connectivity index (χ1v) is 16.9. The fourth-order valence-corrected chi connectivity index (χ4v) is 8.43. The van der Waals surface area contributed by atoms with E-state index < -0.39 is 27.6 Å². The van der Waals surface area contributed by atoms with Gasteiger partial charge in [-0.05, 0) is 106 Å². The minimum Gasteiger partial charge on any atom is -0.487 e. The maximum atomic E-state index is 13.5. The SMILES string of the molecule is Cc1c(C)c(S(=O)(=O)/N=C(\N)NCCC[C@@H](C(=O)O)N(C)C2c3ccccc3CCc3ccccc32)c(C)c2c1OC(C)(C)C2. The fraction of sp³-hybridized carbons (Fsp3) is 0.429. The van der Waals surface area contributed by atoms with Crippen LogP contribution in [0.3, 0.4) is 0 Å². The van der Waals surface area contributed by atoms with Crippen molar-refractivity contribution in [3.05, 3.63) is 93.0 Å². The predicted molar refractivity (Wildman–Crippen MR) is 176 cm³/mol. The van der Waals surface area contributed by atoms with Crippen LogP contribution in [0.25, 0.3) is 0 Å². The molecule has 1 heterocycles. The number of rotatable bonds is 9. The number of carboxylic acids is 1. The number of carboxylic acid groups (broad SMARTS) is 1. The maximum Gasteiger partial charge on any atom is 0.320 e. The highest BCUT2D eigenvalue weighted by molar-refractivity contribution is 7.90. The third-order valence-corrected chi connectivity index (χ3v) is 10.8. The van der Waals surface area contributed by atoms with Gasteiger partial charge in [-0.15, -0.1) is 4.40 Å². The first kappa shape index (κ1) is 32.5. The van der Waals surface area contributed by atoms with Crippen molar-refractivity contribution in [1.82, 2.24) is 10.2 Å². The molecule has 240 valence electrons. The van der Waals surface area contributed by atoms with Crippen LogP contribution in [0.5, 0.6) is 5.75 Å². The summed E-state index contributed by atoms with van der Waals surface area (Å²) in [7, 11) is -2.25. The molecule has 1 atom stereocenters. The van der Waals surface area contributed by atoms with Crippen LogP contribution in [0.2, 0.25) is 0 Å². The van der Waals surface area contributed by atoms with Gasteiger partial charge in [-0.2, -0.15) is 8.42 Å². The molecule has 0 bridgehead atoms. The molecule has 10 heteroatoms. The van der Waals surface area contributed by atoms with Gasteiger partial charge in [0.15, 0.2) is 0 Å². The smallest absolute Gasteiger partial charge is 0.320 e. The fourth-order valence-electron chi connectivity index (χ4n) is 6.96. The van der Waals surface area contributed by atoms with Crippen molar-refractivity contribution in [3.8, 4) is 5.75 Å². The zero-order valence-electron chi connectivity index (χ0n) is 27.0. The number of hydrogen-bond donors (Lipinski definition) is 3. The average Bonchev–Trinajstić information content (AvgIpc) is 3.21. The van der Waals surface area contributed by atoms with Crippen LogP contribution in [0.1, 0.15) is 77.2 Å². The van der Waals surface area contributed by atoms with Gasteiger partial charge in [0.2, 0.25) is 5.96 Å². The van der Waals surface area contributed by atoms with Crippen molar-refractivity contribution in [2.45, 2.75) is 89.3 Å². The third-order valence-electron chi connectivity index (χ3n) is 9.28. The lowest BCUT2D eigenvalue weighted by Gasteiger charge is -2.34. The molecule has 0 radical (unpaired) electrons. The first-order valence-electron chi connectivity index (χ1n) is 15.5. The van der Waals surface area contributed by atoms with Crippen LogP contribution < -0.4 is 15.8 Å². The van der Waals surface area contributed by atoms with Crippen molar-refractivity contribution in [1.29, 1.82) is 0 Å². The standard InChI is InChI=1S/C35H44N4O5S/c1-21-22(2)32(23(3)28-20-35(4,5)44-31(21)28)45(42,43)38-34(36)37-19-11-16-29(33(40)41)39(6)30-26-14-9-7-12-24(26)17-18-25-13-8-10-15-27(25)30/h7-10,12-15,29-30H,11,16-20H2,1-6H3,(H,40,41)(H3,36,37,38)/t29-/m0/s1. The second kappa shape index (κ2) is 12.5. The molecule has 0 fully saturated rings. The molecular formula is C35H44N4O5S. The lowest BCUT2D eigenvalue weighted by atomic mass is 9.92. The number of sulfonamides is 1. The summed E-state index contributed by atoms with van der Waals surface area (Å²) in [5, 5.41) is 13.2.